The number of hydrogen-bond acceptors (Lipinski definition) is 4. The van der Waals surface area contributed by atoms with E-state index in [2.05, 4.69) is 9.88 Å². The maximum absolute atomic E-state index is 12.3. The first-order valence-electron chi connectivity index (χ1n) is 5.53. The Morgan fingerprint density at radius 1 is 1.26 bits per heavy atom. The standard InChI is InChI=1S/C12H13ClN2O3S/c1-7-5-4-6-10(13)11(7)19(16,17)15-12-8(2)9(3)14-18-12/h4-6,15H,1-3H3. The molecule has 0 fully saturated rings. The number of nitrogens with zero attached hydrogens (tertiary/aromatic N) is 1. The van der Waals surface area contributed by atoms with Crippen molar-refractivity contribution in [1.82, 2.24) is 5.16 Å². The molecule has 1 aromatic carbocycles. The van der Waals surface area contributed by atoms with Crippen LogP contribution < -0.4 is 4.72 Å². The summed E-state index contributed by atoms with van der Waals surface area (Å²) in [7, 11) is -3.80. The number of anilines is 1. The van der Waals surface area contributed by atoms with E-state index in [1.807, 2.05) is 0 Å². The largest absolute Gasteiger partial charge is 0.337 e. The molecule has 1 N–H and O–H groups in total. The first-order chi connectivity index (χ1) is 8.83. The minimum Gasteiger partial charge on any atom is -0.337 e. The SMILES string of the molecule is Cc1cccc(Cl)c1S(=O)(=O)Nc1onc(C)c1C. The highest BCUT2D eigenvalue weighted by atomic mass is 35.5. The zero-order chi connectivity index (χ0) is 14.2. The van der Waals surface area contributed by atoms with E-state index < -0.39 is 10.0 Å². The van der Waals surface area contributed by atoms with E-state index in [-0.39, 0.29) is 15.8 Å². The molecule has 0 aliphatic rings. The van der Waals surface area contributed by atoms with Crippen LogP contribution in [-0.2, 0) is 10.0 Å². The van der Waals surface area contributed by atoms with Crippen LogP contribution in [0.25, 0.3) is 0 Å². The summed E-state index contributed by atoms with van der Waals surface area (Å²) in [5, 5.41) is 3.87. The number of sulfonamides is 1. The van der Waals surface area contributed by atoms with Gasteiger partial charge in [0.1, 0.15) is 4.90 Å². The molecule has 0 radical (unpaired) electrons. The van der Waals surface area contributed by atoms with Crippen molar-refractivity contribution in [3.05, 3.63) is 40.0 Å². The van der Waals surface area contributed by atoms with Crippen molar-refractivity contribution in [2.24, 2.45) is 0 Å². The first-order valence-corrected chi connectivity index (χ1v) is 7.40. The van der Waals surface area contributed by atoms with Crippen molar-refractivity contribution in [1.29, 1.82) is 0 Å². The van der Waals surface area contributed by atoms with Gasteiger partial charge in [0.2, 0.25) is 5.88 Å². The topological polar surface area (TPSA) is 72.2 Å². The molecule has 0 saturated carbocycles. The van der Waals surface area contributed by atoms with Gasteiger partial charge in [0.15, 0.2) is 0 Å². The Morgan fingerprint density at radius 3 is 2.47 bits per heavy atom. The van der Waals surface area contributed by atoms with E-state index in [1.54, 1.807) is 32.9 Å². The van der Waals surface area contributed by atoms with Crippen molar-refractivity contribution >= 4 is 27.5 Å². The summed E-state index contributed by atoms with van der Waals surface area (Å²) in [4.78, 5) is 0.0464. The fourth-order valence-corrected chi connectivity index (χ4v) is 3.52. The Morgan fingerprint density at radius 2 is 1.95 bits per heavy atom. The van der Waals surface area contributed by atoms with E-state index in [4.69, 9.17) is 16.1 Å². The summed E-state index contributed by atoms with van der Waals surface area (Å²) in [6.45, 7) is 5.14. The highest BCUT2D eigenvalue weighted by Crippen LogP contribution is 2.28. The molecule has 7 heteroatoms. The van der Waals surface area contributed by atoms with Gasteiger partial charge in [0.05, 0.1) is 10.7 Å². The van der Waals surface area contributed by atoms with Crippen molar-refractivity contribution in [2.75, 3.05) is 4.72 Å². The second kappa shape index (κ2) is 4.86. The third kappa shape index (κ3) is 2.59. The van der Waals surface area contributed by atoms with Crippen LogP contribution in [0.3, 0.4) is 0 Å². The molecular weight excluding hydrogens is 288 g/mol. The molecule has 102 valence electrons. The molecule has 1 heterocycles. The quantitative estimate of drug-likeness (QED) is 0.945. The van der Waals surface area contributed by atoms with E-state index in [0.29, 0.717) is 16.8 Å². The maximum atomic E-state index is 12.3. The summed E-state index contributed by atoms with van der Waals surface area (Å²) < 4.78 is 32.0. The number of hydrogen-bond donors (Lipinski definition) is 1. The summed E-state index contributed by atoms with van der Waals surface area (Å²) in [5.74, 6) is 0.108. The van der Waals surface area contributed by atoms with Gasteiger partial charge in [0, 0.05) is 5.56 Å². The fourth-order valence-electron chi connectivity index (χ4n) is 1.64. The molecule has 0 aliphatic carbocycles. The van der Waals surface area contributed by atoms with Gasteiger partial charge in [-0.1, -0.05) is 28.9 Å². The van der Waals surface area contributed by atoms with Crippen LogP contribution in [0.1, 0.15) is 16.8 Å². The van der Waals surface area contributed by atoms with Gasteiger partial charge in [-0.2, -0.15) is 0 Å². The number of nitrogens with one attached hydrogen (secondary N) is 1. The fraction of sp³-hybridized carbons (Fsp3) is 0.250. The lowest BCUT2D eigenvalue weighted by Gasteiger charge is -2.10. The van der Waals surface area contributed by atoms with Gasteiger partial charge in [0.25, 0.3) is 10.0 Å². The minimum absolute atomic E-state index is 0.0464. The number of halogens is 1. The van der Waals surface area contributed by atoms with Gasteiger partial charge < -0.3 is 4.52 Å². The van der Waals surface area contributed by atoms with Crippen molar-refractivity contribution in [3.8, 4) is 0 Å². The second-order valence-corrected chi connectivity index (χ2v) is 6.24. The van der Waals surface area contributed by atoms with E-state index >= 15 is 0 Å². The van der Waals surface area contributed by atoms with Crippen molar-refractivity contribution in [2.45, 2.75) is 25.7 Å². The smallest absolute Gasteiger partial charge is 0.266 e. The van der Waals surface area contributed by atoms with Crippen LogP contribution in [0.15, 0.2) is 27.6 Å². The summed E-state index contributed by atoms with van der Waals surface area (Å²) >= 11 is 5.96. The molecule has 1 aromatic heterocycles. The monoisotopic (exact) mass is 300 g/mol. The molecule has 0 aliphatic heterocycles. The summed E-state index contributed by atoms with van der Waals surface area (Å²) in [6.07, 6.45) is 0. The molecular formula is C12H13ClN2O3S. The highest BCUT2D eigenvalue weighted by molar-refractivity contribution is 7.92. The van der Waals surface area contributed by atoms with Gasteiger partial charge >= 0.3 is 0 Å². The van der Waals surface area contributed by atoms with Crippen molar-refractivity contribution < 1.29 is 12.9 Å². The molecule has 5 nitrogen and oxygen atoms in total. The zero-order valence-electron chi connectivity index (χ0n) is 10.7. The number of rotatable bonds is 3. The molecule has 0 spiro atoms. The lowest BCUT2D eigenvalue weighted by Crippen LogP contribution is -2.15. The lowest BCUT2D eigenvalue weighted by molar-refractivity contribution is 0.430. The molecule has 0 saturated heterocycles. The molecule has 2 rings (SSSR count). The van der Waals surface area contributed by atoms with E-state index in [9.17, 15) is 8.42 Å². The van der Waals surface area contributed by atoms with E-state index in [1.165, 1.54) is 6.07 Å². The van der Waals surface area contributed by atoms with Gasteiger partial charge in [-0.05, 0) is 32.4 Å². The van der Waals surface area contributed by atoms with Gasteiger partial charge in [-0.15, -0.1) is 0 Å². The molecule has 0 bridgehead atoms. The maximum Gasteiger partial charge on any atom is 0.266 e. The number of aryl methyl sites for hydroxylation is 2. The summed E-state index contributed by atoms with van der Waals surface area (Å²) in [6, 6.07) is 4.90. The Kier molecular flexibility index (Phi) is 3.56. The normalized spacial score (nSPS) is 11.6. The third-order valence-corrected chi connectivity index (χ3v) is 4.78. The van der Waals surface area contributed by atoms with Crippen molar-refractivity contribution in [3.63, 3.8) is 0 Å². The Bertz CT molecular complexity index is 702. The second-order valence-electron chi connectivity index (χ2n) is 4.21. The molecule has 19 heavy (non-hydrogen) atoms. The number of aromatic nitrogens is 1. The predicted molar refractivity (Wildman–Crippen MR) is 73.0 cm³/mol. The summed E-state index contributed by atoms with van der Waals surface area (Å²) in [5.41, 5.74) is 1.84. The van der Waals surface area contributed by atoms with E-state index in [0.717, 1.165) is 0 Å². The van der Waals surface area contributed by atoms with Crippen LogP contribution in [-0.4, -0.2) is 13.6 Å². The Hall–Kier alpha value is -1.53. The third-order valence-electron chi connectivity index (χ3n) is 2.82. The van der Waals surface area contributed by atoms with Gasteiger partial charge in [-0.25, -0.2) is 13.1 Å². The molecule has 0 atom stereocenters. The van der Waals surface area contributed by atoms with Crippen LogP contribution in [0.5, 0.6) is 0 Å². The van der Waals surface area contributed by atoms with Gasteiger partial charge in [-0.3, -0.25) is 0 Å². The molecule has 0 unspecified atom stereocenters. The Balaban J connectivity index is 2.47. The highest BCUT2D eigenvalue weighted by Gasteiger charge is 2.23. The number of benzene rings is 1. The van der Waals surface area contributed by atoms with Crippen LogP contribution in [0.2, 0.25) is 5.02 Å². The van der Waals surface area contributed by atoms with Crippen LogP contribution in [0, 0.1) is 20.8 Å². The average molecular weight is 301 g/mol. The average Bonchev–Trinajstić information content (AvgIpc) is 2.60. The minimum atomic E-state index is -3.80. The zero-order valence-corrected chi connectivity index (χ0v) is 12.3. The lowest BCUT2D eigenvalue weighted by atomic mass is 10.2. The van der Waals surface area contributed by atoms with Crippen LogP contribution in [0.4, 0.5) is 5.88 Å². The molecule has 0 amide bonds. The molecule has 2 aromatic rings. The predicted octanol–water partition coefficient (Wildman–Crippen LogP) is 3.05. The van der Waals surface area contributed by atoms with Crippen LogP contribution >= 0.6 is 11.6 Å². The Labute approximate surface area is 116 Å². The first kappa shape index (κ1) is 13.9.